The Hall–Kier alpha value is -2.18. The Kier molecular flexibility index (Phi) is 7.46. The Bertz CT molecular complexity index is 940. The molecule has 0 spiro atoms. The molecule has 0 aliphatic carbocycles. The second kappa shape index (κ2) is 9.75. The van der Waals surface area contributed by atoms with Gasteiger partial charge in [0.1, 0.15) is 0 Å². The van der Waals surface area contributed by atoms with Crippen molar-refractivity contribution in [3.8, 4) is 0 Å². The number of morpholine rings is 1. The predicted octanol–water partition coefficient (Wildman–Crippen LogP) is 1.47. The maximum absolute atomic E-state index is 13.2. The second-order valence-corrected chi connectivity index (χ2v) is 9.56. The second-order valence-electron chi connectivity index (χ2n) is 7.87. The number of piperidine rings is 1. The van der Waals surface area contributed by atoms with E-state index in [1.165, 1.54) is 17.9 Å². The molecule has 0 radical (unpaired) electrons. The van der Waals surface area contributed by atoms with Crippen LogP contribution in [0.15, 0.2) is 29.2 Å². The Morgan fingerprint density at radius 2 is 1.66 bits per heavy atom. The minimum absolute atomic E-state index is 0.0258. The first-order chi connectivity index (χ1) is 15.0. The van der Waals surface area contributed by atoms with E-state index in [0.717, 1.165) is 12.1 Å². The number of amides is 2. The molecule has 2 heterocycles. The van der Waals surface area contributed by atoms with Crippen LogP contribution < -0.4 is 4.72 Å². The van der Waals surface area contributed by atoms with E-state index in [1.54, 1.807) is 4.90 Å². The van der Waals surface area contributed by atoms with Crippen molar-refractivity contribution < 1.29 is 35.9 Å². The SMILES string of the molecule is C[C@H](NS(=O)(=O)c1ccccc1C(F)(F)F)C(=O)N1CCC(C(=O)N2CCOCC2)CC1. The molecule has 3 rings (SSSR count). The van der Waals surface area contributed by atoms with Crippen LogP contribution in [0.1, 0.15) is 25.3 Å². The monoisotopic (exact) mass is 477 g/mol. The van der Waals surface area contributed by atoms with E-state index in [1.807, 2.05) is 0 Å². The normalized spacial score (nSPS) is 19.6. The van der Waals surface area contributed by atoms with Gasteiger partial charge in [-0.25, -0.2) is 8.42 Å². The number of nitrogens with zero attached hydrogens (tertiary/aromatic N) is 2. The summed E-state index contributed by atoms with van der Waals surface area (Å²) in [7, 11) is -4.59. The number of carbonyl (C=O) groups excluding carboxylic acids is 2. The fourth-order valence-corrected chi connectivity index (χ4v) is 5.37. The van der Waals surface area contributed by atoms with Crippen molar-refractivity contribution in [1.29, 1.82) is 0 Å². The molecule has 2 aliphatic rings. The Balaban J connectivity index is 1.60. The molecule has 2 amide bonds. The number of likely N-dealkylation sites (tertiary alicyclic amines) is 1. The Morgan fingerprint density at radius 3 is 2.25 bits per heavy atom. The summed E-state index contributed by atoms with van der Waals surface area (Å²) in [6, 6.07) is 2.56. The number of sulfonamides is 1. The molecule has 2 saturated heterocycles. The number of benzene rings is 1. The molecule has 0 aromatic heterocycles. The van der Waals surface area contributed by atoms with E-state index in [9.17, 15) is 31.2 Å². The van der Waals surface area contributed by atoms with Crippen LogP contribution in [0.4, 0.5) is 13.2 Å². The van der Waals surface area contributed by atoms with Gasteiger partial charge in [0.05, 0.1) is 29.7 Å². The molecule has 1 aromatic rings. The summed E-state index contributed by atoms with van der Waals surface area (Å²) < 4.78 is 72.0. The summed E-state index contributed by atoms with van der Waals surface area (Å²) in [6.07, 6.45) is -3.97. The van der Waals surface area contributed by atoms with Gasteiger partial charge in [-0.15, -0.1) is 0 Å². The fraction of sp³-hybridized carbons (Fsp3) is 0.600. The highest BCUT2D eigenvalue weighted by atomic mass is 32.2. The lowest BCUT2D eigenvalue weighted by molar-refractivity contribution is -0.144. The number of alkyl halides is 3. The molecule has 32 heavy (non-hydrogen) atoms. The van der Waals surface area contributed by atoms with Crippen molar-refractivity contribution in [2.75, 3.05) is 39.4 Å². The lowest BCUT2D eigenvalue weighted by Crippen LogP contribution is -2.51. The third kappa shape index (κ3) is 5.59. The van der Waals surface area contributed by atoms with Crippen LogP contribution in [0.25, 0.3) is 0 Å². The molecule has 0 bridgehead atoms. The molecule has 0 unspecified atom stereocenters. The lowest BCUT2D eigenvalue weighted by atomic mass is 9.94. The lowest BCUT2D eigenvalue weighted by Gasteiger charge is -2.36. The van der Waals surface area contributed by atoms with Gasteiger partial charge in [0.15, 0.2) is 0 Å². The summed E-state index contributed by atoms with van der Waals surface area (Å²) >= 11 is 0. The highest BCUT2D eigenvalue weighted by molar-refractivity contribution is 7.89. The summed E-state index contributed by atoms with van der Waals surface area (Å²) in [6.45, 7) is 3.90. The molecule has 1 N–H and O–H groups in total. The highest BCUT2D eigenvalue weighted by Gasteiger charge is 2.38. The van der Waals surface area contributed by atoms with Crippen LogP contribution in [-0.2, 0) is 30.5 Å². The van der Waals surface area contributed by atoms with Gasteiger partial charge >= 0.3 is 6.18 Å². The molecular formula is C20H26F3N3O5S. The molecule has 178 valence electrons. The number of nitrogens with one attached hydrogen (secondary N) is 1. The van der Waals surface area contributed by atoms with E-state index in [-0.39, 0.29) is 24.9 Å². The van der Waals surface area contributed by atoms with E-state index in [2.05, 4.69) is 4.72 Å². The number of carbonyl (C=O) groups is 2. The van der Waals surface area contributed by atoms with Gasteiger partial charge < -0.3 is 14.5 Å². The largest absolute Gasteiger partial charge is 0.417 e. The van der Waals surface area contributed by atoms with Crippen molar-refractivity contribution in [3.63, 3.8) is 0 Å². The first kappa shape index (κ1) is 24.5. The minimum atomic E-state index is -4.85. The van der Waals surface area contributed by atoms with Crippen LogP contribution in [0.2, 0.25) is 0 Å². The van der Waals surface area contributed by atoms with Crippen molar-refractivity contribution in [1.82, 2.24) is 14.5 Å². The molecule has 0 saturated carbocycles. The molecule has 2 aliphatic heterocycles. The number of hydrogen-bond acceptors (Lipinski definition) is 5. The fourth-order valence-electron chi connectivity index (χ4n) is 3.94. The van der Waals surface area contributed by atoms with Gasteiger partial charge in [0, 0.05) is 32.1 Å². The minimum Gasteiger partial charge on any atom is -0.378 e. The zero-order chi connectivity index (χ0) is 23.5. The summed E-state index contributed by atoms with van der Waals surface area (Å²) in [5.41, 5.74) is -1.30. The van der Waals surface area contributed by atoms with Crippen molar-refractivity contribution in [2.24, 2.45) is 5.92 Å². The van der Waals surface area contributed by atoms with Gasteiger partial charge in [0.25, 0.3) is 0 Å². The first-order valence-electron chi connectivity index (χ1n) is 10.3. The van der Waals surface area contributed by atoms with Crippen molar-refractivity contribution >= 4 is 21.8 Å². The number of halogens is 3. The number of rotatable bonds is 5. The van der Waals surface area contributed by atoms with E-state index >= 15 is 0 Å². The van der Waals surface area contributed by atoms with Crippen LogP contribution in [0.3, 0.4) is 0 Å². The summed E-state index contributed by atoms with van der Waals surface area (Å²) in [5, 5.41) is 0. The van der Waals surface area contributed by atoms with Crippen molar-refractivity contribution in [3.05, 3.63) is 29.8 Å². The van der Waals surface area contributed by atoms with Crippen molar-refractivity contribution in [2.45, 2.75) is 36.9 Å². The van der Waals surface area contributed by atoms with E-state index < -0.39 is 38.6 Å². The molecular weight excluding hydrogens is 451 g/mol. The van der Waals surface area contributed by atoms with Crippen LogP contribution >= 0.6 is 0 Å². The van der Waals surface area contributed by atoms with Crippen LogP contribution in [0, 0.1) is 5.92 Å². The molecule has 2 fully saturated rings. The summed E-state index contributed by atoms with van der Waals surface area (Å²) in [4.78, 5) is 27.6. The zero-order valence-electron chi connectivity index (χ0n) is 17.6. The van der Waals surface area contributed by atoms with E-state index in [0.29, 0.717) is 45.2 Å². The van der Waals surface area contributed by atoms with Gasteiger partial charge in [0.2, 0.25) is 21.8 Å². The molecule has 8 nitrogen and oxygen atoms in total. The standard InChI is InChI=1S/C20H26F3N3O5S/c1-14(24-32(29,30)17-5-3-2-4-16(17)20(21,22)23)18(27)25-8-6-15(7-9-25)19(28)26-10-12-31-13-11-26/h2-5,14-15,24H,6-13H2,1H3/t14-/m0/s1. The van der Waals surface area contributed by atoms with Gasteiger partial charge in [-0.05, 0) is 31.9 Å². The van der Waals surface area contributed by atoms with Crippen LogP contribution in [-0.4, -0.2) is 75.5 Å². The average Bonchev–Trinajstić information content (AvgIpc) is 2.78. The van der Waals surface area contributed by atoms with Gasteiger partial charge in [-0.2, -0.15) is 17.9 Å². The quantitative estimate of drug-likeness (QED) is 0.693. The Labute approximate surface area is 184 Å². The average molecular weight is 478 g/mol. The summed E-state index contributed by atoms with van der Waals surface area (Å²) in [5.74, 6) is -0.740. The third-order valence-electron chi connectivity index (χ3n) is 5.66. The third-order valence-corrected chi connectivity index (χ3v) is 7.26. The topological polar surface area (TPSA) is 96.0 Å². The first-order valence-corrected chi connectivity index (χ1v) is 11.8. The predicted molar refractivity (Wildman–Crippen MR) is 108 cm³/mol. The number of ether oxygens (including phenoxy) is 1. The highest BCUT2D eigenvalue weighted by Crippen LogP contribution is 2.34. The van der Waals surface area contributed by atoms with Gasteiger partial charge in [-0.1, -0.05) is 12.1 Å². The van der Waals surface area contributed by atoms with Crippen LogP contribution in [0.5, 0.6) is 0 Å². The zero-order valence-corrected chi connectivity index (χ0v) is 18.4. The molecule has 1 atom stereocenters. The maximum Gasteiger partial charge on any atom is 0.417 e. The smallest absolute Gasteiger partial charge is 0.378 e. The molecule has 1 aromatic carbocycles. The van der Waals surface area contributed by atoms with Gasteiger partial charge in [-0.3, -0.25) is 9.59 Å². The number of hydrogen-bond donors (Lipinski definition) is 1. The van der Waals surface area contributed by atoms with E-state index in [4.69, 9.17) is 4.74 Å². The Morgan fingerprint density at radius 1 is 1.06 bits per heavy atom. The maximum atomic E-state index is 13.2. The molecule has 12 heteroatoms.